The first kappa shape index (κ1) is 18.4. The summed E-state index contributed by atoms with van der Waals surface area (Å²) < 4.78 is 22.1. The topological polar surface area (TPSA) is 70.8 Å². The van der Waals surface area contributed by atoms with Crippen LogP contribution in [0.3, 0.4) is 0 Å². The van der Waals surface area contributed by atoms with Crippen molar-refractivity contribution < 1.29 is 23.4 Å². The van der Waals surface area contributed by atoms with Gasteiger partial charge in [-0.25, -0.2) is 4.98 Å². The molecule has 1 aliphatic rings. The molecule has 0 bridgehead atoms. The quantitative estimate of drug-likeness (QED) is 0.590. The highest BCUT2D eigenvalue weighted by molar-refractivity contribution is 6.32. The van der Waals surface area contributed by atoms with Crippen molar-refractivity contribution in [3.05, 3.63) is 65.1 Å². The van der Waals surface area contributed by atoms with E-state index in [4.69, 9.17) is 30.2 Å². The van der Waals surface area contributed by atoms with Crippen LogP contribution in [-0.2, 0) is 22.6 Å². The Labute approximate surface area is 167 Å². The summed E-state index contributed by atoms with van der Waals surface area (Å²) in [4.78, 5) is 16.4. The minimum Gasteiger partial charge on any atom is -0.489 e. The number of ether oxygens (including phenoxy) is 3. The van der Waals surface area contributed by atoms with E-state index in [0.717, 1.165) is 12.0 Å². The highest BCUT2D eigenvalue weighted by Crippen LogP contribution is 2.38. The van der Waals surface area contributed by atoms with E-state index in [0.29, 0.717) is 46.9 Å². The van der Waals surface area contributed by atoms with Gasteiger partial charge in [0.05, 0.1) is 30.9 Å². The Morgan fingerprint density at radius 1 is 1.14 bits per heavy atom. The summed E-state index contributed by atoms with van der Waals surface area (Å²) in [5.74, 6) is 1.62. The fraction of sp³-hybridized carbons (Fsp3) is 0.238. The maximum absolute atomic E-state index is 12.2. The van der Waals surface area contributed by atoms with Crippen molar-refractivity contribution in [2.75, 3.05) is 13.2 Å². The largest absolute Gasteiger partial charge is 0.489 e. The number of carbonyl (C=O) groups excluding carboxylic acids is 1. The van der Waals surface area contributed by atoms with Crippen LogP contribution in [-0.4, -0.2) is 24.2 Å². The van der Waals surface area contributed by atoms with Crippen molar-refractivity contribution in [3.8, 4) is 22.8 Å². The maximum Gasteiger partial charge on any atom is 0.310 e. The van der Waals surface area contributed by atoms with Crippen molar-refractivity contribution in [1.82, 2.24) is 4.98 Å². The summed E-state index contributed by atoms with van der Waals surface area (Å²) in [5.41, 5.74) is 1.60. The molecular weight excluding hydrogens is 382 g/mol. The molecule has 28 heavy (non-hydrogen) atoms. The Bertz CT molecular complexity index is 970. The molecule has 3 aromatic rings. The number of halogens is 1. The fourth-order valence-corrected chi connectivity index (χ4v) is 3.15. The number of carbonyl (C=O) groups is 1. The third kappa shape index (κ3) is 4.28. The lowest BCUT2D eigenvalue weighted by Gasteiger charge is -2.11. The number of oxazole rings is 1. The van der Waals surface area contributed by atoms with Crippen LogP contribution in [0.1, 0.15) is 17.9 Å². The number of aromatic nitrogens is 1. The lowest BCUT2D eigenvalue weighted by Crippen LogP contribution is -2.08. The van der Waals surface area contributed by atoms with E-state index in [2.05, 4.69) is 4.98 Å². The number of esters is 1. The van der Waals surface area contributed by atoms with Crippen LogP contribution in [0.4, 0.5) is 0 Å². The van der Waals surface area contributed by atoms with Crippen molar-refractivity contribution in [3.63, 3.8) is 0 Å². The molecule has 7 heteroatoms. The van der Waals surface area contributed by atoms with Crippen molar-refractivity contribution >= 4 is 17.6 Å². The molecule has 0 amide bonds. The molecule has 1 aliphatic heterocycles. The molecule has 1 aromatic heterocycles. The van der Waals surface area contributed by atoms with Crippen LogP contribution in [0.25, 0.3) is 11.3 Å². The van der Waals surface area contributed by atoms with E-state index in [-0.39, 0.29) is 13.0 Å². The Balaban J connectivity index is 1.37. The Hall–Kier alpha value is -2.99. The van der Waals surface area contributed by atoms with E-state index in [1.165, 1.54) is 0 Å². The molecule has 2 aromatic carbocycles. The van der Waals surface area contributed by atoms with Gasteiger partial charge in [-0.15, -0.1) is 0 Å². The molecule has 4 rings (SSSR count). The van der Waals surface area contributed by atoms with E-state index >= 15 is 0 Å². The van der Waals surface area contributed by atoms with Crippen molar-refractivity contribution in [1.29, 1.82) is 0 Å². The molecule has 0 atom stereocenters. The van der Waals surface area contributed by atoms with Gasteiger partial charge in [0.2, 0.25) is 5.89 Å². The molecule has 6 nitrogen and oxygen atoms in total. The maximum atomic E-state index is 12.2. The van der Waals surface area contributed by atoms with Crippen molar-refractivity contribution in [2.45, 2.75) is 19.4 Å². The third-order valence-electron chi connectivity index (χ3n) is 4.18. The molecule has 0 radical (unpaired) electrons. The summed E-state index contributed by atoms with van der Waals surface area (Å²) in [5, 5.41) is 0.419. The average Bonchev–Trinajstić information content (AvgIpc) is 3.05. The molecule has 2 heterocycles. The smallest absolute Gasteiger partial charge is 0.310 e. The minimum absolute atomic E-state index is 0.0377. The molecule has 0 N–H and O–H groups in total. The first-order valence-electron chi connectivity index (χ1n) is 8.93. The lowest BCUT2D eigenvalue weighted by atomic mass is 10.1. The van der Waals surface area contributed by atoms with E-state index < -0.39 is 5.97 Å². The summed E-state index contributed by atoms with van der Waals surface area (Å²) in [6.07, 6.45) is 2.45. The number of rotatable bonds is 5. The van der Waals surface area contributed by atoms with Gasteiger partial charge in [-0.1, -0.05) is 41.9 Å². The second kappa shape index (κ2) is 8.35. The first-order valence-corrected chi connectivity index (χ1v) is 9.30. The molecule has 0 saturated heterocycles. The highest BCUT2D eigenvalue weighted by Gasteiger charge is 2.17. The highest BCUT2D eigenvalue weighted by atomic mass is 35.5. The van der Waals surface area contributed by atoms with Crippen LogP contribution in [0.5, 0.6) is 11.5 Å². The van der Waals surface area contributed by atoms with Gasteiger partial charge >= 0.3 is 5.97 Å². The van der Waals surface area contributed by atoms with Gasteiger partial charge in [0.1, 0.15) is 0 Å². The van der Waals surface area contributed by atoms with Crippen LogP contribution in [0.15, 0.2) is 53.1 Å². The van der Waals surface area contributed by atoms with Gasteiger partial charge in [0, 0.05) is 12.0 Å². The van der Waals surface area contributed by atoms with Gasteiger partial charge in [0.15, 0.2) is 23.9 Å². The zero-order valence-corrected chi connectivity index (χ0v) is 15.8. The van der Waals surface area contributed by atoms with Crippen LogP contribution < -0.4 is 9.47 Å². The predicted octanol–water partition coefficient (Wildman–Crippen LogP) is 4.44. The summed E-state index contributed by atoms with van der Waals surface area (Å²) >= 11 is 6.26. The van der Waals surface area contributed by atoms with Gasteiger partial charge in [-0.3, -0.25) is 4.79 Å². The van der Waals surface area contributed by atoms with E-state index in [9.17, 15) is 4.79 Å². The number of fused-ring (bicyclic) bond motifs is 1. The summed E-state index contributed by atoms with van der Waals surface area (Å²) in [7, 11) is 0. The van der Waals surface area contributed by atoms with Crippen molar-refractivity contribution in [2.24, 2.45) is 0 Å². The molecular formula is C21H18ClNO5. The minimum atomic E-state index is -0.412. The molecule has 0 fully saturated rings. The van der Waals surface area contributed by atoms with Gasteiger partial charge < -0.3 is 18.6 Å². The monoisotopic (exact) mass is 399 g/mol. The lowest BCUT2D eigenvalue weighted by molar-refractivity contribution is -0.144. The molecule has 144 valence electrons. The molecule has 0 saturated carbocycles. The Morgan fingerprint density at radius 2 is 1.96 bits per heavy atom. The number of nitrogens with zero attached hydrogens (tertiary/aromatic N) is 1. The van der Waals surface area contributed by atoms with Crippen LogP contribution >= 0.6 is 11.6 Å². The fourth-order valence-electron chi connectivity index (χ4n) is 2.86. The molecule has 0 aliphatic carbocycles. The predicted molar refractivity (Wildman–Crippen MR) is 102 cm³/mol. The van der Waals surface area contributed by atoms with Crippen LogP contribution in [0, 0.1) is 0 Å². The molecule has 0 unspecified atom stereocenters. The zero-order chi connectivity index (χ0) is 19.3. The standard InChI is InChI=1S/C21H18ClNO5/c22-16-9-14(10-17-21(16)26-8-4-7-25-17)11-20(24)27-13-19-23-12-18(28-19)15-5-2-1-3-6-15/h1-3,5-6,9-10,12H,4,7-8,11,13H2. The van der Waals surface area contributed by atoms with E-state index in [1.54, 1.807) is 18.3 Å². The van der Waals surface area contributed by atoms with Gasteiger partial charge in [-0.2, -0.15) is 0 Å². The number of benzene rings is 2. The Kier molecular flexibility index (Phi) is 5.48. The van der Waals surface area contributed by atoms with Gasteiger partial charge in [0.25, 0.3) is 0 Å². The first-order chi connectivity index (χ1) is 13.7. The summed E-state index contributed by atoms with van der Waals surface area (Å²) in [6, 6.07) is 13.0. The number of hydrogen-bond acceptors (Lipinski definition) is 6. The molecule has 0 spiro atoms. The average molecular weight is 400 g/mol. The van der Waals surface area contributed by atoms with E-state index in [1.807, 2.05) is 30.3 Å². The second-order valence-corrected chi connectivity index (χ2v) is 6.68. The third-order valence-corrected chi connectivity index (χ3v) is 4.46. The van der Waals surface area contributed by atoms with Gasteiger partial charge in [-0.05, 0) is 17.7 Å². The number of hydrogen-bond donors (Lipinski definition) is 0. The normalized spacial score (nSPS) is 13.0. The Morgan fingerprint density at radius 3 is 2.82 bits per heavy atom. The zero-order valence-electron chi connectivity index (χ0n) is 15.0. The SMILES string of the molecule is O=C(Cc1cc(Cl)c2c(c1)OCCCO2)OCc1ncc(-c2ccccc2)o1. The second-order valence-electron chi connectivity index (χ2n) is 6.28. The summed E-state index contributed by atoms with van der Waals surface area (Å²) in [6.45, 7) is 1.06. The van der Waals surface area contributed by atoms with Crippen LogP contribution in [0.2, 0.25) is 5.02 Å².